The molecule has 2 aromatic rings. The van der Waals surface area contributed by atoms with E-state index in [0.717, 1.165) is 29.9 Å². The van der Waals surface area contributed by atoms with Crippen LogP contribution in [0.1, 0.15) is 25.3 Å². The van der Waals surface area contributed by atoms with Crippen LogP contribution in [0.3, 0.4) is 0 Å². The summed E-state index contributed by atoms with van der Waals surface area (Å²) in [6.45, 7) is 1.81. The van der Waals surface area contributed by atoms with Crippen molar-refractivity contribution in [2.75, 3.05) is 29.4 Å². The number of benzene rings is 1. The SMILES string of the molecule is CC1(C(F)(F)F)Cn2c(nc(N3CC4CCC(C3)O4)cc2=O)N1CCc1ccc(O)cc1. The zero-order chi connectivity index (χ0) is 22.7. The lowest BCUT2D eigenvalue weighted by molar-refractivity contribution is -0.182. The van der Waals surface area contributed by atoms with Gasteiger partial charge >= 0.3 is 6.18 Å². The largest absolute Gasteiger partial charge is 0.508 e. The van der Waals surface area contributed by atoms with Crippen LogP contribution in [-0.4, -0.2) is 58.2 Å². The number of rotatable bonds is 4. The monoisotopic (exact) mass is 450 g/mol. The van der Waals surface area contributed by atoms with E-state index in [2.05, 4.69) is 4.98 Å². The second-order valence-electron chi connectivity index (χ2n) is 9.04. The van der Waals surface area contributed by atoms with Crippen molar-refractivity contribution in [2.45, 2.75) is 56.7 Å². The number of halogens is 3. The maximum Gasteiger partial charge on any atom is 0.413 e. The Bertz CT molecular complexity index is 1060. The van der Waals surface area contributed by atoms with Gasteiger partial charge in [0.15, 0.2) is 5.54 Å². The van der Waals surface area contributed by atoms with Crippen LogP contribution in [0.2, 0.25) is 0 Å². The van der Waals surface area contributed by atoms with Gasteiger partial charge in [0.1, 0.15) is 11.6 Å². The topological polar surface area (TPSA) is 70.8 Å². The van der Waals surface area contributed by atoms with E-state index in [4.69, 9.17) is 4.74 Å². The molecule has 2 fully saturated rings. The van der Waals surface area contributed by atoms with Gasteiger partial charge in [-0.15, -0.1) is 0 Å². The minimum Gasteiger partial charge on any atom is -0.508 e. The number of hydrogen-bond donors (Lipinski definition) is 1. The summed E-state index contributed by atoms with van der Waals surface area (Å²) in [5, 5.41) is 9.46. The number of nitrogens with zero attached hydrogens (tertiary/aromatic N) is 4. The van der Waals surface area contributed by atoms with Crippen molar-refractivity contribution in [3.05, 3.63) is 46.2 Å². The predicted octanol–water partition coefficient (Wildman–Crippen LogP) is 2.70. The third-order valence-corrected chi connectivity index (χ3v) is 6.82. The van der Waals surface area contributed by atoms with Gasteiger partial charge < -0.3 is 19.6 Å². The normalized spacial score (nSPS) is 27.1. The molecule has 0 saturated carbocycles. The first kappa shape index (κ1) is 21.1. The molecule has 0 radical (unpaired) electrons. The summed E-state index contributed by atoms with van der Waals surface area (Å²) < 4.78 is 49.5. The molecule has 3 aliphatic rings. The number of fused-ring (bicyclic) bond motifs is 3. The molecule has 0 aliphatic carbocycles. The van der Waals surface area contributed by atoms with Gasteiger partial charge in [-0.05, 0) is 43.9 Å². The van der Waals surface area contributed by atoms with E-state index in [9.17, 15) is 23.1 Å². The molecule has 0 amide bonds. The van der Waals surface area contributed by atoms with Crippen molar-refractivity contribution in [3.8, 4) is 5.75 Å². The number of morpholine rings is 1. The Kier molecular flexibility index (Phi) is 4.88. The molecular formula is C22H25F3N4O3. The fraction of sp³-hybridized carbons (Fsp3) is 0.545. The highest BCUT2D eigenvalue weighted by molar-refractivity contribution is 5.50. The minimum absolute atomic E-state index is 0.0328. The van der Waals surface area contributed by atoms with E-state index in [1.807, 2.05) is 4.90 Å². The molecule has 2 bridgehead atoms. The quantitative estimate of drug-likeness (QED) is 0.773. The van der Waals surface area contributed by atoms with E-state index in [1.54, 1.807) is 12.1 Å². The number of ether oxygens (including phenoxy) is 1. The molecule has 7 nitrogen and oxygen atoms in total. The number of anilines is 2. The Morgan fingerprint density at radius 3 is 2.47 bits per heavy atom. The fourth-order valence-electron chi connectivity index (χ4n) is 4.91. The summed E-state index contributed by atoms with van der Waals surface area (Å²) in [6.07, 6.45) is -2.23. The molecule has 3 unspecified atom stereocenters. The lowest BCUT2D eigenvalue weighted by Crippen LogP contribution is -2.56. The maximum atomic E-state index is 14.2. The van der Waals surface area contributed by atoms with Crippen LogP contribution in [0.15, 0.2) is 35.1 Å². The highest BCUT2D eigenvalue weighted by atomic mass is 19.4. The molecule has 0 spiro atoms. The van der Waals surface area contributed by atoms with Crippen LogP contribution >= 0.6 is 0 Å². The van der Waals surface area contributed by atoms with Crippen molar-refractivity contribution < 1.29 is 23.0 Å². The second kappa shape index (κ2) is 7.40. The van der Waals surface area contributed by atoms with E-state index in [1.165, 1.54) is 23.1 Å². The van der Waals surface area contributed by atoms with E-state index < -0.39 is 23.8 Å². The summed E-state index contributed by atoms with van der Waals surface area (Å²) in [4.78, 5) is 20.6. The van der Waals surface area contributed by atoms with E-state index in [0.29, 0.717) is 25.3 Å². The molecular weight excluding hydrogens is 425 g/mol. The van der Waals surface area contributed by atoms with E-state index in [-0.39, 0.29) is 30.5 Å². The Labute approximate surface area is 183 Å². The Morgan fingerprint density at radius 1 is 1.19 bits per heavy atom. The predicted molar refractivity (Wildman–Crippen MR) is 112 cm³/mol. The van der Waals surface area contributed by atoms with Crippen LogP contribution < -0.4 is 15.4 Å². The zero-order valence-corrected chi connectivity index (χ0v) is 17.7. The third-order valence-electron chi connectivity index (χ3n) is 6.82. The first-order valence-corrected chi connectivity index (χ1v) is 10.8. The first-order valence-electron chi connectivity index (χ1n) is 10.8. The molecule has 5 rings (SSSR count). The van der Waals surface area contributed by atoms with Gasteiger partial charge in [0.25, 0.3) is 5.56 Å². The molecule has 3 aliphatic heterocycles. The standard InChI is InChI=1S/C22H25F3N4O3/c1-21(22(23,24)25)13-28-19(31)10-18(27-11-16-6-7-17(12-27)32-16)26-20(28)29(21)9-8-14-2-4-15(30)5-3-14/h2-5,10,16-17,30H,6-9,11-13H2,1H3. The molecule has 1 aromatic carbocycles. The zero-order valence-electron chi connectivity index (χ0n) is 17.7. The second-order valence-corrected chi connectivity index (χ2v) is 9.04. The number of alkyl halides is 3. The Balaban J connectivity index is 1.49. The van der Waals surface area contributed by atoms with Crippen molar-refractivity contribution in [1.82, 2.24) is 9.55 Å². The molecule has 2 saturated heterocycles. The van der Waals surface area contributed by atoms with Gasteiger partial charge in [-0.1, -0.05) is 12.1 Å². The first-order chi connectivity index (χ1) is 15.1. The summed E-state index contributed by atoms with van der Waals surface area (Å²) >= 11 is 0. The molecule has 1 aromatic heterocycles. The molecule has 1 N–H and O–H groups in total. The highest BCUT2D eigenvalue weighted by Crippen LogP contribution is 2.43. The smallest absolute Gasteiger partial charge is 0.413 e. The Morgan fingerprint density at radius 2 is 1.84 bits per heavy atom. The summed E-state index contributed by atoms with van der Waals surface area (Å²) in [6, 6.07) is 7.70. The maximum absolute atomic E-state index is 14.2. The highest BCUT2D eigenvalue weighted by Gasteiger charge is 2.59. The lowest BCUT2D eigenvalue weighted by Gasteiger charge is -2.37. The van der Waals surface area contributed by atoms with Crippen molar-refractivity contribution >= 4 is 11.8 Å². The fourth-order valence-corrected chi connectivity index (χ4v) is 4.91. The lowest BCUT2D eigenvalue weighted by atomic mass is 10.00. The van der Waals surface area contributed by atoms with Gasteiger partial charge in [-0.2, -0.15) is 18.2 Å². The van der Waals surface area contributed by atoms with E-state index >= 15 is 0 Å². The van der Waals surface area contributed by atoms with Gasteiger partial charge in [0.05, 0.1) is 18.8 Å². The molecule has 4 heterocycles. The van der Waals surface area contributed by atoms with Gasteiger partial charge in [-0.3, -0.25) is 9.36 Å². The number of phenolic OH excluding ortho intramolecular Hbond substituents is 1. The van der Waals surface area contributed by atoms with Crippen LogP contribution in [0.4, 0.5) is 24.9 Å². The molecule has 32 heavy (non-hydrogen) atoms. The van der Waals surface area contributed by atoms with Crippen molar-refractivity contribution in [2.24, 2.45) is 0 Å². The van der Waals surface area contributed by atoms with Crippen LogP contribution in [0, 0.1) is 0 Å². The van der Waals surface area contributed by atoms with Gasteiger partial charge in [0, 0.05) is 25.7 Å². The summed E-state index contributed by atoms with van der Waals surface area (Å²) in [5.74, 6) is 0.546. The molecule has 3 atom stereocenters. The van der Waals surface area contributed by atoms with Crippen LogP contribution in [-0.2, 0) is 17.7 Å². The average Bonchev–Trinajstić information content (AvgIpc) is 3.23. The molecule has 10 heteroatoms. The minimum atomic E-state index is -4.56. The van der Waals surface area contributed by atoms with Crippen LogP contribution in [0.25, 0.3) is 0 Å². The van der Waals surface area contributed by atoms with Gasteiger partial charge in [0.2, 0.25) is 5.95 Å². The van der Waals surface area contributed by atoms with Crippen molar-refractivity contribution in [3.63, 3.8) is 0 Å². The summed E-state index contributed by atoms with van der Waals surface area (Å²) in [7, 11) is 0. The Hall–Kier alpha value is -2.75. The molecule has 172 valence electrons. The number of phenols is 1. The van der Waals surface area contributed by atoms with Crippen molar-refractivity contribution in [1.29, 1.82) is 0 Å². The number of hydrogen-bond acceptors (Lipinski definition) is 6. The van der Waals surface area contributed by atoms with Gasteiger partial charge in [-0.25, -0.2) is 0 Å². The average molecular weight is 450 g/mol. The number of aromatic nitrogens is 2. The van der Waals surface area contributed by atoms with Crippen LogP contribution in [0.5, 0.6) is 5.75 Å². The third kappa shape index (κ3) is 3.50. The summed E-state index contributed by atoms with van der Waals surface area (Å²) in [5.41, 5.74) is -1.94. The number of aromatic hydroxyl groups is 1.